The molecule has 3 amide bonds. The van der Waals surface area contributed by atoms with Gasteiger partial charge < -0.3 is 55.3 Å². The van der Waals surface area contributed by atoms with Gasteiger partial charge in [0.1, 0.15) is 43.7 Å². The van der Waals surface area contributed by atoms with Gasteiger partial charge in [0.15, 0.2) is 6.29 Å². The van der Waals surface area contributed by atoms with Gasteiger partial charge in [-0.1, -0.05) is 0 Å². The Morgan fingerprint density at radius 1 is 1.12 bits per heavy atom. The van der Waals surface area contributed by atoms with Gasteiger partial charge in [0, 0.05) is 20.0 Å². The lowest BCUT2D eigenvalue weighted by Gasteiger charge is -2.42. The molecular weight excluding hydrogens is 485 g/mol. The molecule has 0 saturated carbocycles. The van der Waals surface area contributed by atoms with Crippen molar-refractivity contribution >= 4 is 25.7 Å². The fourth-order valence-electron chi connectivity index (χ4n) is 2.84. The summed E-state index contributed by atoms with van der Waals surface area (Å²) < 4.78 is 30.3. The van der Waals surface area contributed by atoms with Gasteiger partial charge >= 0.3 is 13.9 Å². The second kappa shape index (κ2) is 14.5. The number of nitrogens with one attached hydrogen (secondary N) is 3. The summed E-state index contributed by atoms with van der Waals surface area (Å²) in [6.45, 7) is 1.23. The van der Waals surface area contributed by atoms with Gasteiger partial charge in [0.25, 0.3) is 0 Å². The molecule has 0 aromatic carbocycles. The largest absolute Gasteiger partial charge is 0.469 e. The highest BCUT2D eigenvalue weighted by Crippen LogP contribution is 2.37. The maximum atomic E-state index is 12.0. The Labute approximate surface area is 195 Å². The molecule has 1 saturated heterocycles. The third-order valence-corrected chi connectivity index (χ3v) is 4.98. The summed E-state index contributed by atoms with van der Waals surface area (Å²) >= 11 is 0. The predicted molar refractivity (Wildman–Crippen MR) is 111 cm³/mol. The highest BCUT2D eigenvalue weighted by atomic mass is 31.2. The minimum Gasteiger partial charge on any atom is -0.447 e. The first kappa shape index (κ1) is 30.2. The minimum atomic E-state index is -4.68. The fraction of sp³-hybridized carbons (Fsp3) is 0.824. The summed E-state index contributed by atoms with van der Waals surface area (Å²) in [5.74, 6) is -1.10. The Balaban J connectivity index is 2.30. The lowest BCUT2D eigenvalue weighted by atomic mass is 9.97. The van der Waals surface area contributed by atoms with Crippen molar-refractivity contribution in [2.24, 2.45) is 0 Å². The number of alkyl carbamates (subject to hydrolysis) is 1. The van der Waals surface area contributed by atoms with Crippen LogP contribution in [0.25, 0.3) is 0 Å². The van der Waals surface area contributed by atoms with Crippen LogP contribution in [0.5, 0.6) is 0 Å². The summed E-state index contributed by atoms with van der Waals surface area (Å²) in [5.41, 5.74) is 0. The maximum Gasteiger partial charge on any atom is 0.469 e. The van der Waals surface area contributed by atoms with Crippen molar-refractivity contribution in [2.45, 2.75) is 57.0 Å². The molecule has 1 rings (SSSR count). The molecule has 16 nitrogen and oxygen atoms in total. The zero-order chi connectivity index (χ0) is 25.9. The van der Waals surface area contributed by atoms with Gasteiger partial charge in [-0.3, -0.25) is 14.1 Å². The van der Waals surface area contributed by atoms with Crippen LogP contribution in [0.2, 0.25) is 0 Å². The standard InChI is InChI=1S/C17H32N3O13P/c1-9(33-34(27,28)29)7-31-17(26)19-5-3-4-18-12(23)8-30-16-13(20-10(2)22)15(25)14(24)11(6-21)32-16/h9,11,13-16,21,24-25H,3-8H2,1-2H3,(H,18,23)(H,19,26)(H,20,22)(H2,27,28,29)/t9?,11-,13-,14+,15?,16?/m1/s1. The molecule has 198 valence electrons. The molecule has 0 aromatic heterocycles. The van der Waals surface area contributed by atoms with E-state index in [9.17, 15) is 34.3 Å². The number of hydrogen-bond donors (Lipinski definition) is 8. The Bertz CT molecular complexity index is 721. The van der Waals surface area contributed by atoms with E-state index in [0.29, 0.717) is 6.42 Å². The number of rotatable bonds is 13. The van der Waals surface area contributed by atoms with Crippen LogP contribution in [0, 0.1) is 0 Å². The van der Waals surface area contributed by atoms with E-state index in [1.54, 1.807) is 0 Å². The first-order valence-corrected chi connectivity index (χ1v) is 11.8. The monoisotopic (exact) mass is 517 g/mol. The number of phosphoric ester groups is 1. The van der Waals surface area contributed by atoms with Crippen LogP contribution < -0.4 is 16.0 Å². The first-order chi connectivity index (χ1) is 15.8. The molecule has 3 unspecified atom stereocenters. The number of carbonyl (C=O) groups excluding carboxylic acids is 3. The molecule has 0 spiro atoms. The van der Waals surface area contributed by atoms with E-state index in [-0.39, 0.29) is 19.7 Å². The van der Waals surface area contributed by atoms with Gasteiger partial charge in [0.05, 0.1) is 6.61 Å². The van der Waals surface area contributed by atoms with E-state index in [0.717, 1.165) is 0 Å². The van der Waals surface area contributed by atoms with Gasteiger partial charge in [-0.25, -0.2) is 9.36 Å². The Hall–Kier alpha value is -1.88. The van der Waals surface area contributed by atoms with Crippen molar-refractivity contribution in [1.29, 1.82) is 0 Å². The summed E-state index contributed by atoms with van der Waals surface area (Å²) in [7, 11) is -4.68. The molecule has 0 radical (unpaired) electrons. The second-order valence-electron chi connectivity index (χ2n) is 7.38. The Morgan fingerprint density at radius 3 is 2.35 bits per heavy atom. The number of amides is 3. The van der Waals surface area contributed by atoms with Crippen LogP contribution in [0.4, 0.5) is 4.79 Å². The summed E-state index contributed by atoms with van der Waals surface area (Å²) in [6, 6.07) is -1.17. The van der Waals surface area contributed by atoms with Crippen molar-refractivity contribution < 1.29 is 62.8 Å². The average molecular weight is 517 g/mol. The molecule has 0 aromatic rings. The van der Waals surface area contributed by atoms with Gasteiger partial charge in [-0.15, -0.1) is 0 Å². The van der Waals surface area contributed by atoms with E-state index >= 15 is 0 Å². The molecule has 1 fully saturated rings. The first-order valence-electron chi connectivity index (χ1n) is 10.3. The van der Waals surface area contributed by atoms with E-state index in [1.165, 1.54) is 13.8 Å². The number of hydrogen-bond acceptors (Lipinski definition) is 11. The molecule has 0 aliphatic carbocycles. The van der Waals surface area contributed by atoms with Crippen molar-refractivity contribution in [2.75, 3.05) is 32.9 Å². The molecule has 1 aliphatic heterocycles. The predicted octanol–water partition coefficient (Wildman–Crippen LogP) is -3.32. The third kappa shape index (κ3) is 11.5. The van der Waals surface area contributed by atoms with E-state index in [2.05, 4.69) is 20.5 Å². The molecule has 1 heterocycles. The van der Waals surface area contributed by atoms with Crippen molar-refractivity contribution in [3.05, 3.63) is 0 Å². The summed E-state index contributed by atoms with van der Waals surface area (Å²) in [6.07, 6.45) is -7.00. The van der Waals surface area contributed by atoms with Crippen LogP contribution in [0.3, 0.4) is 0 Å². The van der Waals surface area contributed by atoms with Crippen molar-refractivity contribution in [3.63, 3.8) is 0 Å². The van der Waals surface area contributed by atoms with Crippen LogP contribution in [0.1, 0.15) is 20.3 Å². The molecule has 34 heavy (non-hydrogen) atoms. The average Bonchev–Trinajstić information content (AvgIpc) is 2.73. The van der Waals surface area contributed by atoms with Crippen LogP contribution >= 0.6 is 7.82 Å². The van der Waals surface area contributed by atoms with Gasteiger partial charge in [0.2, 0.25) is 11.8 Å². The molecule has 1 aliphatic rings. The SMILES string of the molecule is CC(=O)N[C@H]1C(OCC(=O)NCCCNC(=O)OCC(C)OP(=O)(O)O)O[C@H](CO)[C@H](O)C1O. The van der Waals surface area contributed by atoms with E-state index in [4.69, 9.17) is 24.0 Å². The molecule has 0 bridgehead atoms. The minimum absolute atomic E-state index is 0.117. The topological polar surface area (TPSA) is 242 Å². The third-order valence-electron chi connectivity index (χ3n) is 4.34. The van der Waals surface area contributed by atoms with E-state index < -0.39 is 75.7 Å². The molecular formula is C17H32N3O13P. The Kier molecular flexibility index (Phi) is 12.9. The normalized spacial score (nSPS) is 25.8. The summed E-state index contributed by atoms with van der Waals surface area (Å²) in [5, 5.41) is 36.6. The van der Waals surface area contributed by atoms with Crippen molar-refractivity contribution in [1.82, 2.24) is 16.0 Å². The fourth-order valence-corrected chi connectivity index (χ4v) is 3.37. The number of phosphoric acid groups is 1. The van der Waals surface area contributed by atoms with Gasteiger partial charge in [-0.05, 0) is 13.3 Å². The van der Waals surface area contributed by atoms with Gasteiger partial charge in [-0.2, -0.15) is 0 Å². The number of ether oxygens (including phenoxy) is 3. The highest BCUT2D eigenvalue weighted by Gasteiger charge is 2.45. The van der Waals surface area contributed by atoms with E-state index in [1.807, 2.05) is 0 Å². The molecule has 6 atom stereocenters. The number of aliphatic hydroxyl groups is 3. The highest BCUT2D eigenvalue weighted by molar-refractivity contribution is 7.46. The van der Waals surface area contributed by atoms with Crippen LogP contribution in [-0.2, 0) is 32.9 Å². The molecule has 17 heteroatoms. The zero-order valence-electron chi connectivity index (χ0n) is 18.7. The number of carbonyl (C=O) groups is 3. The molecule has 8 N–H and O–H groups in total. The smallest absolute Gasteiger partial charge is 0.447 e. The van der Waals surface area contributed by atoms with Crippen molar-refractivity contribution in [3.8, 4) is 0 Å². The Morgan fingerprint density at radius 2 is 1.76 bits per heavy atom. The summed E-state index contributed by atoms with van der Waals surface area (Å²) in [4.78, 5) is 52.1. The zero-order valence-corrected chi connectivity index (χ0v) is 19.6. The van der Waals surface area contributed by atoms with Crippen LogP contribution in [-0.4, -0.2) is 113 Å². The lowest BCUT2D eigenvalue weighted by Crippen LogP contribution is -2.64. The quantitative estimate of drug-likeness (QED) is 0.0882. The maximum absolute atomic E-state index is 12.0. The second-order valence-corrected chi connectivity index (χ2v) is 8.57. The lowest BCUT2D eigenvalue weighted by molar-refractivity contribution is -0.268. The number of aliphatic hydroxyl groups excluding tert-OH is 3. The van der Waals surface area contributed by atoms with Crippen LogP contribution in [0.15, 0.2) is 0 Å².